The summed E-state index contributed by atoms with van der Waals surface area (Å²) in [5.41, 5.74) is 6.80. The lowest BCUT2D eigenvalue weighted by atomic mass is 9.98. The Morgan fingerprint density at radius 1 is 0.488 bits per heavy atom. The second-order valence-corrected chi connectivity index (χ2v) is 24.6. The molecule has 6 amide bonds. The number of carbonyl (C=O) groups is 8. The SMILES string of the molecule is CN(C(=O)[C@H](CSSC[C@H](NC(=O)OC(C)(C)C)C(=O)N(C)[C@@H](CCCCNC(=O)OCC1c2ccccc2-c2ccccc21)C(=O)O)NC(=O)OC(C)(C)C)[C@@H](CCCCNC(=O)OCC1c2ccccc2-c2ccccc21)C(=O)O. The maximum atomic E-state index is 14.1. The van der Waals surface area contributed by atoms with Gasteiger partial charge in [-0.3, -0.25) is 9.59 Å². The standard InChI is InChI=1S/C60H76N6O14S2/c1-59(2,3)79-57(75)63-47(51(67)65(7)49(53(69)70)29-17-19-31-61-55(73)77-33-45-41-25-13-9-21-37(41)38-22-10-14-26-42(38)45)35-81-82-36-48(64-58(76)80-60(4,5)6)52(68)66(8)50(54(71)72)30-18-20-32-62-56(74)78-34-46-43-27-15-11-23-39(43)40-24-12-16-28-44(40)46/h9-16,21-28,45-50H,17-20,29-36H2,1-8H3,(H,61,73)(H,62,74)(H,63,75)(H,64,76)(H,69,70)(H,71,72)/t47-,48-,49-,50-/m0/s1. The van der Waals surface area contributed by atoms with E-state index in [0.717, 1.165) is 75.9 Å². The first kappa shape index (κ1) is 63.7. The van der Waals surface area contributed by atoms with E-state index in [1.807, 2.05) is 97.1 Å². The highest BCUT2D eigenvalue weighted by atomic mass is 33.1. The lowest BCUT2D eigenvalue weighted by Crippen LogP contribution is -2.54. The Morgan fingerprint density at radius 3 is 1.09 bits per heavy atom. The smallest absolute Gasteiger partial charge is 0.408 e. The molecule has 6 N–H and O–H groups in total. The largest absolute Gasteiger partial charge is 0.480 e. The third kappa shape index (κ3) is 18.0. The summed E-state index contributed by atoms with van der Waals surface area (Å²) in [6, 6.07) is 26.6. The molecular weight excluding hydrogens is 1090 g/mol. The Labute approximate surface area is 486 Å². The lowest BCUT2D eigenvalue weighted by Gasteiger charge is -2.30. The van der Waals surface area contributed by atoms with E-state index < -0.39 is 83.5 Å². The molecule has 0 heterocycles. The van der Waals surface area contributed by atoms with Crippen LogP contribution in [-0.4, -0.2) is 155 Å². The summed E-state index contributed by atoms with van der Waals surface area (Å²) in [6.45, 7) is 10.4. The lowest BCUT2D eigenvalue weighted by molar-refractivity contribution is -0.150. The molecule has 4 atom stereocenters. The van der Waals surface area contributed by atoms with E-state index in [1.54, 1.807) is 41.5 Å². The van der Waals surface area contributed by atoms with Crippen LogP contribution < -0.4 is 21.3 Å². The number of likely N-dealkylation sites (N-methyl/N-ethyl adjacent to an activating group) is 2. The molecule has 0 bridgehead atoms. The molecule has 2 aliphatic carbocycles. The number of nitrogens with one attached hydrogen (secondary N) is 4. The highest BCUT2D eigenvalue weighted by Gasteiger charge is 2.36. The number of amides is 6. The van der Waals surface area contributed by atoms with Gasteiger partial charge in [-0.05, 0) is 125 Å². The second-order valence-electron chi connectivity index (χ2n) is 22.1. The molecule has 0 aromatic heterocycles. The zero-order valence-electron chi connectivity index (χ0n) is 47.7. The fourth-order valence-electron chi connectivity index (χ4n) is 9.85. The molecule has 4 aromatic rings. The van der Waals surface area contributed by atoms with Crippen molar-refractivity contribution in [2.45, 2.75) is 127 Å². The molecule has 442 valence electrons. The van der Waals surface area contributed by atoms with Gasteiger partial charge < -0.3 is 60.2 Å². The van der Waals surface area contributed by atoms with Crippen molar-refractivity contribution < 1.29 is 67.5 Å². The van der Waals surface area contributed by atoms with Crippen LogP contribution in [0.3, 0.4) is 0 Å². The molecule has 6 rings (SSSR count). The zero-order chi connectivity index (χ0) is 59.7. The molecule has 2 aliphatic rings. The van der Waals surface area contributed by atoms with Gasteiger partial charge in [0.15, 0.2) is 0 Å². The number of carboxylic acid groups (broad SMARTS) is 2. The Balaban J connectivity index is 0.991. The minimum Gasteiger partial charge on any atom is -0.480 e. The second kappa shape index (κ2) is 29.5. The molecule has 0 saturated heterocycles. The molecule has 0 unspecified atom stereocenters. The predicted octanol–water partition coefficient (Wildman–Crippen LogP) is 9.40. The van der Waals surface area contributed by atoms with Crippen LogP contribution in [0.2, 0.25) is 0 Å². The number of unbranched alkanes of at least 4 members (excludes halogenated alkanes) is 2. The number of hydrogen-bond acceptors (Lipinski definition) is 14. The van der Waals surface area contributed by atoms with E-state index in [1.165, 1.54) is 14.1 Å². The average Bonchev–Trinajstić information content (AvgIpc) is 4.06. The number of rotatable bonds is 27. The summed E-state index contributed by atoms with van der Waals surface area (Å²) in [6.07, 6.45) is -1.77. The highest BCUT2D eigenvalue weighted by molar-refractivity contribution is 8.76. The van der Waals surface area contributed by atoms with Crippen LogP contribution in [0.1, 0.15) is 114 Å². The van der Waals surface area contributed by atoms with Crippen LogP contribution in [0.5, 0.6) is 0 Å². The Hall–Kier alpha value is -7.46. The van der Waals surface area contributed by atoms with Gasteiger partial charge in [0.25, 0.3) is 0 Å². The number of nitrogens with zero attached hydrogens (tertiary/aromatic N) is 2. The Morgan fingerprint density at radius 2 is 0.793 bits per heavy atom. The molecule has 0 saturated carbocycles. The van der Waals surface area contributed by atoms with E-state index in [0.29, 0.717) is 25.7 Å². The van der Waals surface area contributed by atoms with Crippen molar-refractivity contribution in [3.63, 3.8) is 0 Å². The van der Waals surface area contributed by atoms with E-state index >= 15 is 0 Å². The number of hydrogen-bond donors (Lipinski definition) is 6. The van der Waals surface area contributed by atoms with Gasteiger partial charge in [-0.15, -0.1) is 0 Å². The van der Waals surface area contributed by atoms with Crippen molar-refractivity contribution in [2.75, 3.05) is 51.9 Å². The number of ether oxygens (including phenoxy) is 4. The van der Waals surface area contributed by atoms with Crippen LogP contribution in [-0.2, 0) is 38.1 Å². The first-order chi connectivity index (χ1) is 38.9. The number of carboxylic acids is 2. The van der Waals surface area contributed by atoms with Crippen molar-refractivity contribution >= 4 is 69.7 Å². The van der Waals surface area contributed by atoms with Crippen molar-refractivity contribution in [3.05, 3.63) is 119 Å². The molecule has 22 heteroatoms. The third-order valence-corrected chi connectivity index (χ3v) is 16.2. The molecule has 82 heavy (non-hydrogen) atoms. The topological polar surface area (TPSA) is 269 Å². The molecule has 20 nitrogen and oxygen atoms in total. The van der Waals surface area contributed by atoms with Gasteiger partial charge in [0.1, 0.15) is 48.6 Å². The quantitative estimate of drug-likeness (QED) is 0.0184. The Kier molecular flexibility index (Phi) is 22.9. The van der Waals surface area contributed by atoms with Crippen molar-refractivity contribution in [3.8, 4) is 22.3 Å². The van der Waals surface area contributed by atoms with E-state index in [2.05, 4.69) is 21.3 Å². The van der Waals surface area contributed by atoms with E-state index in [4.69, 9.17) is 18.9 Å². The van der Waals surface area contributed by atoms with Gasteiger partial charge in [0, 0.05) is 50.5 Å². The van der Waals surface area contributed by atoms with Gasteiger partial charge in [-0.1, -0.05) is 119 Å². The van der Waals surface area contributed by atoms with Gasteiger partial charge in [-0.2, -0.15) is 0 Å². The maximum Gasteiger partial charge on any atom is 0.408 e. The normalized spacial score (nSPS) is 14.0. The minimum absolute atomic E-state index is 0.00810. The summed E-state index contributed by atoms with van der Waals surface area (Å²) in [7, 11) is 4.69. The predicted molar refractivity (Wildman–Crippen MR) is 313 cm³/mol. The zero-order valence-corrected chi connectivity index (χ0v) is 49.3. The van der Waals surface area contributed by atoms with Crippen molar-refractivity contribution in [1.29, 1.82) is 0 Å². The van der Waals surface area contributed by atoms with Crippen LogP contribution in [0.15, 0.2) is 97.1 Å². The number of aliphatic carboxylic acids is 2. The van der Waals surface area contributed by atoms with Crippen LogP contribution in [0, 0.1) is 0 Å². The molecular formula is C60H76N6O14S2. The summed E-state index contributed by atoms with van der Waals surface area (Å²) >= 11 is 0. The summed E-state index contributed by atoms with van der Waals surface area (Å²) in [5, 5.41) is 31.2. The number of benzene rings is 4. The van der Waals surface area contributed by atoms with Crippen LogP contribution in [0.25, 0.3) is 22.3 Å². The summed E-state index contributed by atoms with van der Waals surface area (Å²) < 4.78 is 22.1. The van der Waals surface area contributed by atoms with Crippen molar-refractivity contribution in [1.82, 2.24) is 31.1 Å². The van der Waals surface area contributed by atoms with Crippen LogP contribution in [0.4, 0.5) is 19.2 Å². The first-order valence-corrected chi connectivity index (χ1v) is 29.8. The number of fused-ring (bicyclic) bond motifs is 6. The fraction of sp³-hybridized carbons (Fsp3) is 0.467. The molecule has 4 aromatic carbocycles. The van der Waals surface area contributed by atoms with Crippen LogP contribution >= 0.6 is 21.6 Å². The summed E-state index contributed by atoms with van der Waals surface area (Å²) in [5.74, 6) is -4.63. The third-order valence-electron chi connectivity index (χ3n) is 13.8. The van der Waals surface area contributed by atoms with Gasteiger partial charge >= 0.3 is 36.3 Å². The number of carbonyl (C=O) groups excluding carboxylic acids is 6. The monoisotopic (exact) mass is 1170 g/mol. The molecule has 0 radical (unpaired) electrons. The van der Waals surface area contributed by atoms with Gasteiger partial charge in [-0.25, -0.2) is 28.8 Å². The molecule has 0 spiro atoms. The van der Waals surface area contributed by atoms with E-state index in [-0.39, 0.29) is 62.5 Å². The molecule has 0 fully saturated rings. The van der Waals surface area contributed by atoms with E-state index in [9.17, 15) is 48.6 Å². The minimum atomic E-state index is -1.33. The average molecular weight is 1170 g/mol. The van der Waals surface area contributed by atoms with Crippen molar-refractivity contribution in [2.24, 2.45) is 0 Å². The van der Waals surface area contributed by atoms with Gasteiger partial charge in [0.2, 0.25) is 11.8 Å². The van der Waals surface area contributed by atoms with Gasteiger partial charge in [0.05, 0.1) is 0 Å². The first-order valence-electron chi connectivity index (χ1n) is 27.3. The maximum absolute atomic E-state index is 14.1. The fourth-order valence-corrected chi connectivity index (χ4v) is 12.2. The molecule has 0 aliphatic heterocycles. The summed E-state index contributed by atoms with van der Waals surface area (Å²) in [4.78, 5) is 107. The highest BCUT2D eigenvalue weighted by Crippen LogP contribution is 2.46. The Bertz CT molecular complexity index is 2630. The number of alkyl carbamates (subject to hydrolysis) is 4.